The van der Waals surface area contributed by atoms with Crippen molar-refractivity contribution in [2.75, 3.05) is 0 Å². The summed E-state index contributed by atoms with van der Waals surface area (Å²) in [4.78, 5) is 14.3. The maximum Gasteiger partial charge on any atom is 0.334 e. The zero-order valence-corrected chi connectivity index (χ0v) is 23.3. The van der Waals surface area contributed by atoms with E-state index in [0.29, 0.717) is 12.4 Å². The predicted molar refractivity (Wildman–Crippen MR) is 152 cm³/mol. The zero-order valence-electron chi connectivity index (χ0n) is 23.3. The number of tetrazole rings is 1. The van der Waals surface area contributed by atoms with Gasteiger partial charge in [-0.1, -0.05) is 57.5 Å². The van der Waals surface area contributed by atoms with E-state index in [1.807, 2.05) is 50.7 Å². The minimum absolute atomic E-state index is 0.0549. The second-order valence-electron chi connectivity index (χ2n) is 10.8. The highest BCUT2D eigenvalue weighted by atomic mass is 16.1. The van der Waals surface area contributed by atoms with E-state index < -0.39 is 5.41 Å². The normalized spacial score (nSPS) is 14.4. The molecule has 10 heteroatoms. The monoisotopic (exact) mass is 527 g/mol. The fourth-order valence-corrected chi connectivity index (χ4v) is 5.20. The van der Waals surface area contributed by atoms with Gasteiger partial charge < -0.3 is 5.32 Å². The summed E-state index contributed by atoms with van der Waals surface area (Å²) >= 11 is 0. The summed E-state index contributed by atoms with van der Waals surface area (Å²) in [6.45, 7) is 11.1. The number of nitrogens with zero attached hydrogens (tertiary/aromatic N) is 7. The Morgan fingerprint density at radius 1 is 1.10 bits per heavy atom. The van der Waals surface area contributed by atoms with Gasteiger partial charge in [0.2, 0.25) is 0 Å². The Labute approximate surface area is 228 Å². The molecule has 0 unspecified atom stereocenters. The summed E-state index contributed by atoms with van der Waals surface area (Å²) in [6, 6.07) is 8.27. The van der Waals surface area contributed by atoms with Crippen molar-refractivity contribution >= 4 is 0 Å². The van der Waals surface area contributed by atoms with Gasteiger partial charge in [0.15, 0.2) is 5.82 Å². The van der Waals surface area contributed by atoms with Gasteiger partial charge in [-0.15, -0.1) is 5.10 Å². The lowest BCUT2D eigenvalue weighted by atomic mass is 9.78. The number of aromatic nitrogens is 8. The Kier molecular flexibility index (Phi) is 7.36. The predicted octanol–water partition coefficient (Wildman–Crippen LogP) is 4.63. The number of imidazole rings is 1. The van der Waals surface area contributed by atoms with Crippen LogP contribution in [0.5, 0.6) is 0 Å². The van der Waals surface area contributed by atoms with Crippen LogP contribution in [0.1, 0.15) is 76.2 Å². The summed E-state index contributed by atoms with van der Waals surface area (Å²) in [5.41, 5.74) is 3.40. The fraction of sp³-hybridized carbons (Fsp3) is 0.414. The standard InChI is InChI=1S/C29H37N9O/c1-6-7-11-24-18-36(27-25(20(2)3)17-31-38(27)21(4)5)28(39)37(24)19-29(12-14-30-15-13-29)23-10-8-9-22(16-23)26-32-34-35-33-26/h8-10,12-18,20-21,30H,6-7,11,19H2,1-5H3,(H,32,33,34,35). The van der Waals surface area contributed by atoms with Crippen LogP contribution in [0.3, 0.4) is 0 Å². The van der Waals surface area contributed by atoms with Crippen molar-refractivity contribution in [3.05, 3.63) is 88.5 Å². The number of benzene rings is 1. The molecule has 0 atom stereocenters. The van der Waals surface area contributed by atoms with Crippen molar-refractivity contribution in [1.29, 1.82) is 0 Å². The summed E-state index contributed by atoms with van der Waals surface area (Å²) in [6.07, 6.45) is 14.9. The molecule has 3 aromatic heterocycles. The quantitative estimate of drug-likeness (QED) is 0.311. The molecule has 1 aliphatic rings. The molecule has 5 rings (SSSR count). The Morgan fingerprint density at radius 2 is 1.90 bits per heavy atom. The Balaban J connectivity index is 1.66. The highest BCUT2D eigenvalue weighted by molar-refractivity contribution is 5.57. The number of H-pyrrole nitrogens is 1. The van der Waals surface area contributed by atoms with Crippen LogP contribution < -0.4 is 11.0 Å². The molecule has 0 saturated heterocycles. The van der Waals surface area contributed by atoms with E-state index in [0.717, 1.165) is 47.5 Å². The van der Waals surface area contributed by atoms with Crippen molar-refractivity contribution < 1.29 is 0 Å². The Morgan fingerprint density at radius 3 is 2.56 bits per heavy atom. The molecule has 39 heavy (non-hydrogen) atoms. The number of hydrogen-bond acceptors (Lipinski definition) is 6. The second-order valence-corrected chi connectivity index (χ2v) is 10.8. The molecule has 0 amide bonds. The maximum absolute atomic E-state index is 14.3. The van der Waals surface area contributed by atoms with Crippen LogP contribution in [0, 0.1) is 0 Å². The molecule has 0 fully saturated rings. The van der Waals surface area contributed by atoms with Gasteiger partial charge in [0, 0.05) is 35.6 Å². The van der Waals surface area contributed by atoms with Crippen molar-refractivity contribution in [2.45, 2.75) is 77.8 Å². The number of aryl methyl sites for hydroxylation is 1. The van der Waals surface area contributed by atoms with Crippen LogP contribution in [0.2, 0.25) is 0 Å². The first-order valence-electron chi connectivity index (χ1n) is 13.7. The highest BCUT2D eigenvalue weighted by Gasteiger charge is 2.32. The van der Waals surface area contributed by atoms with Gasteiger partial charge in [0.05, 0.1) is 11.6 Å². The van der Waals surface area contributed by atoms with E-state index in [2.05, 4.69) is 89.9 Å². The first kappa shape index (κ1) is 26.4. The van der Waals surface area contributed by atoms with Crippen LogP contribution in [-0.4, -0.2) is 39.5 Å². The average molecular weight is 528 g/mol. The Bertz CT molecular complexity index is 1500. The minimum atomic E-state index is -0.551. The third-order valence-electron chi connectivity index (χ3n) is 7.38. The first-order chi connectivity index (χ1) is 18.8. The van der Waals surface area contributed by atoms with Crippen LogP contribution in [0.15, 0.2) is 66.0 Å². The van der Waals surface area contributed by atoms with Crippen LogP contribution >= 0.6 is 0 Å². The molecular weight excluding hydrogens is 490 g/mol. The third kappa shape index (κ3) is 4.98. The van der Waals surface area contributed by atoms with Gasteiger partial charge in [0.1, 0.15) is 5.82 Å². The number of allylic oxidation sites excluding steroid dienone is 2. The topological polar surface area (TPSA) is 111 Å². The Hall–Kier alpha value is -4.21. The van der Waals surface area contributed by atoms with E-state index in [4.69, 9.17) is 0 Å². The van der Waals surface area contributed by atoms with Crippen molar-refractivity contribution in [1.82, 2.24) is 44.9 Å². The van der Waals surface area contributed by atoms with Gasteiger partial charge in [-0.25, -0.2) is 14.6 Å². The van der Waals surface area contributed by atoms with Gasteiger partial charge in [0.25, 0.3) is 0 Å². The molecule has 2 N–H and O–H groups in total. The van der Waals surface area contributed by atoms with Crippen molar-refractivity contribution in [3.8, 4) is 17.2 Å². The first-order valence-corrected chi connectivity index (χ1v) is 13.7. The second kappa shape index (κ2) is 10.9. The van der Waals surface area contributed by atoms with E-state index in [-0.39, 0.29) is 17.6 Å². The van der Waals surface area contributed by atoms with E-state index in [1.165, 1.54) is 0 Å². The summed E-state index contributed by atoms with van der Waals surface area (Å²) in [5.74, 6) is 1.69. The number of hydrogen-bond donors (Lipinski definition) is 2. The van der Waals surface area contributed by atoms with Crippen molar-refractivity contribution in [2.24, 2.45) is 0 Å². The molecule has 1 aliphatic heterocycles. The molecule has 0 spiro atoms. The smallest absolute Gasteiger partial charge is 0.334 e. The third-order valence-corrected chi connectivity index (χ3v) is 7.38. The summed E-state index contributed by atoms with van der Waals surface area (Å²) in [7, 11) is 0. The van der Waals surface area contributed by atoms with Gasteiger partial charge in [-0.2, -0.15) is 5.10 Å². The van der Waals surface area contributed by atoms with E-state index in [1.54, 1.807) is 0 Å². The lowest BCUT2D eigenvalue weighted by molar-refractivity contribution is 0.490. The SMILES string of the molecule is CCCCc1cn(-c2c(C(C)C)cnn2C(C)C)c(=O)n1CC1(c2cccc(-c3nnn[nH]3)c2)C=CNC=C1. The number of unbranched alkanes of at least 4 members (excludes halogenated alkanes) is 1. The molecule has 0 saturated carbocycles. The number of aromatic amines is 1. The average Bonchev–Trinajstić information content (AvgIpc) is 3.68. The molecule has 0 radical (unpaired) electrons. The molecule has 4 heterocycles. The minimum Gasteiger partial charge on any atom is -0.368 e. The largest absolute Gasteiger partial charge is 0.368 e. The highest BCUT2D eigenvalue weighted by Crippen LogP contribution is 2.34. The summed E-state index contributed by atoms with van der Waals surface area (Å²) < 4.78 is 5.71. The number of dihydropyridines is 1. The molecule has 0 bridgehead atoms. The molecule has 0 aliphatic carbocycles. The van der Waals surface area contributed by atoms with Crippen LogP contribution in [0.25, 0.3) is 17.2 Å². The lowest BCUT2D eigenvalue weighted by Crippen LogP contribution is -2.36. The number of rotatable bonds is 10. The maximum atomic E-state index is 14.3. The van der Waals surface area contributed by atoms with Crippen molar-refractivity contribution in [3.63, 3.8) is 0 Å². The van der Waals surface area contributed by atoms with Crippen LogP contribution in [-0.2, 0) is 18.4 Å². The van der Waals surface area contributed by atoms with E-state index >= 15 is 0 Å². The number of nitrogens with one attached hydrogen (secondary N) is 2. The van der Waals surface area contributed by atoms with E-state index in [9.17, 15) is 4.79 Å². The van der Waals surface area contributed by atoms with Gasteiger partial charge in [-0.05, 0) is 67.1 Å². The van der Waals surface area contributed by atoms with Gasteiger partial charge in [-0.3, -0.25) is 9.13 Å². The molecule has 10 nitrogen and oxygen atoms in total. The molecule has 204 valence electrons. The summed E-state index contributed by atoms with van der Waals surface area (Å²) in [5, 5.41) is 22.2. The zero-order chi connectivity index (χ0) is 27.6. The molecular formula is C29H37N9O. The molecule has 1 aromatic carbocycles. The fourth-order valence-electron chi connectivity index (χ4n) is 5.20. The lowest BCUT2D eigenvalue weighted by Gasteiger charge is -2.31. The molecule has 4 aromatic rings. The van der Waals surface area contributed by atoms with Gasteiger partial charge >= 0.3 is 5.69 Å². The van der Waals surface area contributed by atoms with Crippen LogP contribution in [0.4, 0.5) is 0 Å².